The Bertz CT molecular complexity index is 739. The summed E-state index contributed by atoms with van der Waals surface area (Å²) in [6.45, 7) is 0.812. The molecule has 2 atom stereocenters. The van der Waals surface area contributed by atoms with Crippen LogP contribution in [0, 0.1) is 5.92 Å². The number of amides is 1. The van der Waals surface area contributed by atoms with Crippen molar-refractivity contribution in [1.29, 1.82) is 0 Å². The second-order valence-corrected chi connectivity index (χ2v) is 7.55. The third-order valence-corrected chi connectivity index (χ3v) is 5.63. The molecule has 1 aromatic heterocycles. The lowest BCUT2D eigenvalue weighted by molar-refractivity contribution is -0.126. The molecule has 6 nitrogen and oxygen atoms in total. The topological polar surface area (TPSA) is 71.3 Å². The molecule has 1 saturated carbocycles. The molecule has 0 bridgehead atoms. The number of rotatable bonds is 4. The van der Waals surface area contributed by atoms with Gasteiger partial charge in [-0.15, -0.1) is 0 Å². The van der Waals surface area contributed by atoms with Crippen LogP contribution in [0.15, 0.2) is 34.9 Å². The zero-order chi connectivity index (χ0) is 17.9. The van der Waals surface area contributed by atoms with Gasteiger partial charge in [-0.25, -0.2) is 0 Å². The Morgan fingerprint density at radius 3 is 2.73 bits per heavy atom. The van der Waals surface area contributed by atoms with Crippen LogP contribution in [0.3, 0.4) is 0 Å². The summed E-state index contributed by atoms with van der Waals surface area (Å²) in [5, 5.41) is 7.37. The molecule has 0 spiro atoms. The molecule has 26 heavy (non-hydrogen) atoms. The van der Waals surface area contributed by atoms with Gasteiger partial charge >= 0.3 is 0 Å². The van der Waals surface area contributed by atoms with Crippen LogP contribution in [-0.4, -0.2) is 40.6 Å². The number of nitrogens with zero attached hydrogens (tertiary/aromatic N) is 3. The highest BCUT2D eigenvalue weighted by Gasteiger charge is 2.36. The standard InChI is InChI=1S/C20H26N4O2/c1-24-13-16(21-19(25)15-10-6-3-7-11-15)12-17(24)20-22-18(23-26-20)14-8-4-2-5-9-14/h2,4-5,8-9,15-17H,3,6-7,10-13H2,1H3,(H,21,25). The second kappa shape index (κ2) is 7.58. The van der Waals surface area contributed by atoms with Crippen LogP contribution >= 0.6 is 0 Å². The van der Waals surface area contributed by atoms with E-state index in [1.54, 1.807) is 0 Å². The fraction of sp³-hybridized carbons (Fsp3) is 0.550. The van der Waals surface area contributed by atoms with E-state index < -0.39 is 0 Å². The monoisotopic (exact) mass is 354 g/mol. The molecule has 4 rings (SSSR count). The van der Waals surface area contributed by atoms with Gasteiger partial charge in [0.1, 0.15) is 0 Å². The molecule has 1 aliphatic carbocycles. The zero-order valence-corrected chi connectivity index (χ0v) is 15.2. The molecule has 2 aromatic rings. The Morgan fingerprint density at radius 2 is 1.96 bits per heavy atom. The van der Waals surface area contributed by atoms with Gasteiger partial charge in [-0.2, -0.15) is 4.98 Å². The van der Waals surface area contributed by atoms with Crippen molar-refractivity contribution in [1.82, 2.24) is 20.4 Å². The van der Waals surface area contributed by atoms with Gasteiger partial charge in [-0.3, -0.25) is 9.69 Å². The summed E-state index contributed by atoms with van der Waals surface area (Å²) in [7, 11) is 2.05. The maximum Gasteiger partial charge on any atom is 0.244 e. The Labute approximate surface area is 154 Å². The molecule has 1 N–H and O–H groups in total. The van der Waals surface area contributed by atoms with Crippen molar-refractivity contribution in [2.75, 3.05) is 13.6 Å². The highest BCUT2D eigenvalue weighted by atomic mass is 16.5. The van der Waals surface area contributed by atoms with Crippen LogP contribution in [0.4, 0.5) is 0 Å². The average molecular weight is 354 g/mol. The minimum atomic E-state index is 0.0524. The van der Waals surface area contributed by atoms with Gasteiger partial charge < -0.3 is 9.84 Å². The first-order valence-corrected chi connectivity index (χ1v) is 9.60. The van der Waals surface area contributed by atoms with Crippen molar-refractivity contribution in [2.45, 2.75) is 50.6 Å². The van der Waals surface area contributed by atoms with Crippen molar-refractivity contribution in [3.63, 3.8) is 0 Å². The normalized spacial score (nSPS) is 24.7. The molecular weight excluding hydrogens is 328 g/mol. The Balaban J connectivity index is 1.39. The number of carbonyl (C=O) groups is 1. The Kier molecular flexibility index (Phi) is 5.02. The van der Waals surface area contributed by atoms with Crippen LogP contribution in [-0.2, 0) is 4.79 Å². The van der Waals surface area contributed by atoms with E-state index in [-0.39, 0.29) is 23.9 Å². The van der Waals surface area contributed by atoms with Gasteiger partial charge in [0.05, 0.1) is 6.04 Å². The lowest BCUT2D eigenvalue weighted by Gasteiger charge is -2.22. The van der Waals surface area contributed by atoms with Crippen molar-refractivity contribution >= 4 is 5.91 Å². The summed E-state index contributed by atoms with van der Waals surface area (Å²) in [4.78, 5) is 19.3. The number of carbonyl (C=O) groups excluding carboxylic acids is 1. The number of likely N-dealkylation sites (tertiary alicyclic amines) is 1. The summed E-state index contributed by atoms with van der Waals surface area (Å²) >= 11 is 0. The molecule has 1 amide bonds. The summed E-state index contributed by atoms with van der Waals surface area (Å²) in [5.41, 5.74) is 0.949. The number of hydrogen-bond donors (Lipinski definition) is 1. The zero-order valence-electron chi connectivity index (χ0n) is 15.2. The highest BCUT2D eigenvalue weighted by Crippen LogP contribution is 2.31. The number of aromatic nitrogens is 2. The van der Waals surface area contributed by atoms with Gasteiger partial charge in [-0.05, 0) is 26.3 Å². The smallest absolute Gasteiger partial charge is 0.244 e. The molecule has 0 radical (unpaired) electrons. The maximum absolute atomic E-state index is 12.5. The van der Waals surface area contributed by atoms with Gasteiger partial charge in [-0.1, -0.05) is 54.8 Å². The van der Waals surface area contributed by atoms with Gasteiger partial charge in [0.2, 0.25) is 17.6 Å². The lowest BCUT2D eigenvalue weighted by Crippen LogP contribution is -2.40. The van der Waals surface area contributed by atoms with E-state index in [4.69, 9.17) is 4.52 Å². The largest absolute Gasteiger partial charge is 0.352 e. The van der Waals surface area contributed by atoms with E-state index >= 15 is 0 Å². The molecule has 1 saturated heterocycles. The van der Waals surface area contributed by atoms with Crippen LogP contribution in [0.2, 0.25) is 0 Å². The molecule has 2 unspecified atom stereocenters. The first kappa shape index (κ1) is 17.2. The van der Waals surface area contributed by atoms with Crippen molar-refractivity contribution in [2.24, 2.45) is 5.92 Å². The number of benzene rings is 1. The highest BCUT2D eigenvalue weighted by molar-refractivity contribution is 5.79. The van der Waals surface area contributed by atoms with Crippen LogP contribution in [0.5, 0.6) is 0 Å². The molecule has 2 fully saturated rings. The van der Waals surface area contributed by atoms with Crippen LogP contribution in [0.1, 0.15) is 50.5 Å². The molecule has 2 aliphatic rings. The number of likely N-dealkylation sites (N-methyl/N-ethyl adjacent to an activating group) is 1. The summed E-state index contributed by atoms with van der Waals surface area (Å²) in [6.07, 6.45) is 6.49. The van der Waals surface area contributed by atoms with Crippen molar-refractivity contribution < 1.29 is 9.32 Å². The number of hydrogen-bond acceptors (Lipinski definition) is 5. The molecule has 2 heterocycles. The van der Waals surface area contributed by atoms with E-state index in [2.05, 4.69) is 20.4 Å². The fourth-order valence-corrected chi connectivity index (χ4v) is 4.15. The minimum Gasteiger partial charge on any atom is -0.352 e. The van der Waals surface area contributed by atoms with Crippen LogP contribution in [0.25, 0.3) is 11.4 Å². The average Bonchev–Trinajstić information content (AvgIpc) is 3.30. The summed E-state index contributed by atoms with van der Waals surface area (Å²) in [5.74, 6) is 1.66. The first-order valence-electron chi connectivity index (χ1n) is 9.60. The quantitative estimate of drug-likeness (QED) is 0.913. The molecule has 138 valence electrons. The molecule has 6 heteroatoms. The van der Waals surface area contributed by atoms with E-state index in [9.17, 15) is 4.79 Å². The van der Waals surface area contributed by atoms with Crippen molar-refractivity contribution in [3.8, 4) is 11.4 Å². The van der Waals surface area contributed by atoms with Gasteiger partial charge in [0.15, 0.2) is 0 Å². The lowest BCUT2D eigenvalue weighted by atomic mass is 9.88. The predicted molar refractivity (Wildman–Crippen MR) is 98.2 cm³/mol. The Hall–Kier alpha value is -2.21. The van der Waals surface area contributed by atoms with Gasteiger partial charge in [0, 0.05) is 24.1 Å². The van der Waals surface area contributed by atoms with Crippen molar-refractivity contribution in [3.05, 3.63) is 36.2 Å². The minimum absolute atomic E-state index is 0.0524. The first-order chi connectivity index (χ1) is 12.7. The number of nitrogens with one attached hydrogen (secondary N) is 1. The predicted octanol–water partition coefficient (Wildman–Crippen LogP) is 3.18. The third-order valence-electron chi connectivity index (χ3n) is 5.63. The van der Waals surface area contributed by atoms with Gasteiger partial charge in [0.25, 0.3) is 0 Å². The van der Waals surface area contributed by atoms with Crippen LogP contribution < -0.4 is 5.32 Å². The molecular formula is C20H26N4O2. The molecule has 1 aliphatic heterocycles. The fourth-order valence-electron chi connectivity index (χ4n) is 4.15. The Morgan fingerprint density at radius 1 is 1.19 bits per heavy atom. The van der Waals surface area contributed by atoms with E-state index in [1.165, 1.54) is 19.3 Å². The SMILES string of the molecule is CN1CC(NC(=O)C2CCCCC2)CC1c1nc(-c2ccccc2)no1. The summed E-state index contributed by atoms with van der Waals surface area (Å²) in [6, 6.07) is 10.0. The molecule has 1 aromatic carbocycles. The van der Waals surface area contributed by atoms with E-state index in [0.717, 1.165) is 31.4 Å². The van der Waals surface area contributed by atoms with E-state index in [1.807, 2.05) is 37.4 Å². The summed E-state index contributed by atoms with van der Waals surface area (Å²) < 4.78 is 5.53. The van der Waals surface area contributed by atoms with E-state index in [0.29, 0.717) is 11.7 Å². The third kappa shape index (κ3) is 3.65. The maximum atomic E-state index is 12.5. The second-order valence-electron chi connectivity index (χ2n) is 7.55.